The zero-order chi connectivity index (χ0) is 20.9. The van der Waals surface area contributed by atoms with Crippen LogP contribution in [-0.4, -0.2) is 36.1 Å². The van der Waals surface area contributed by atoms with E-state index in [2.05, 4.69) is 27.0 Å². The number of thiophene rings is 1. The first-order valence-electron chi connectivity index (χ1n) is 9.83. The summed E-state index contributed by atoms with van der Waals surface area (Å²) in [4.78, 5) is 29.8. The molecular weight excluding hydrogens is 398 g/mol. The number of piperidine rings is 1. The van der Waals surface area contributed by atoms with Crippen molar-refractivity contribution in [2.45, 2.75) is 18.9 Å². The number of nitrogens with two attached hydrogens (primary N) is 1. The third-order valence-electron chi connectivity index (χ3n) is 4.99. The van der Waals surface area contributed by atoms with Crippen molar-refractivity contribution in [2.24, 2.45) is 5.73 Å². The lowest BCUT2D eigenvalue weighted by atomic mass is 10.0. The van der Waals surface area contributed by atoms with Gasteiger partial charge in [-0.3, -0.25) is 9.78 Å². The molecule has 4 rings (SSSR count). The van der Waals surface area contributed by atoms with Crippen LogP contribution in [0.25, 0.3) is 21.6 Å². The van der Waals surface area contributed by atoms with E-state index in [9.17, 15) is 9.59 Å². The fourth-order valence-electron chi connectivity index (χ4n) is 3.55. The van der Waals surface area contributed by atoms with Crippen LogP contribution in [0.2, 0.25) is 0 Å². The molecule has 154 valence electrons. The Kier molecular flexibility index (Phi) is 6.06. The summed E-state index contributed by atoms with van der Waals surface area (Å²) in [5.41, 5.74) is 8.83. The minimum Gasteiger partial charge on any atom is -0.351 e. The second-order valence-electron chi connectivity index (χ2n) is 7.18. The maximum absolute atomic E-state index is 12.9. The molecule has 1 fully saturated rings. The van der Waals surface area contributed by atoms with Crippen molar-refractivity contribution in [3.05, 3.63) is 59.7 Å². The number of hydrogen-bond donors (Lipinski definition) is 4. The molecule has 8 heteroatoms. The van der Waals surface area contributed by atoms with E-state index in [1.165, 1.54) is 11.3 Å². The molecule has 3 heterocycles. The summed E-state index contributed by atoms with van der Waals surface area (Å²) >= 11 is 1.34. The molecule has 0 unspecified atom stereocenters. The SMILES string of the molecule is NC(=O)Nc1cc(-c2cccc(-c3ccncc3)c2)sc1C(=O)N[C@H]1CCCNC1. The Morgan fingerprint density at radius 2 is 1.90 bits per heavy atom. The summed E-state index contributed by atoms with van der Waals surface area (Å²) in [6.45, 7) is 1.72. The first kappa shape index (κ1) is 20.1. The van der Waals surface area contributed by atoms with Crippen molar-refractivity contribution in [3.8, 4) is 21.6 Å². The van der Waals surface area contributed by atoms with E-state index in [4.69, 9.17) is 5.73 Å². The molecule has 0 radical (unpaired) electrons. The maximum Gasteiger partial charge on any atom is 0.316 e. The van der Waals surface area contributed by atoms with Gasteiger partial charge in [0.2, 0.25) is 0 Å². The van der Waals surface area contributed by atoms with Crippen LogP contribution in [0.5, 0.6) is 0 Å². The number of urea groups is 1. The number of hydrogen-bond acceptors (Lipinski definition) is 5. The molecule has 0 saturated carbocycles. The molecule has 5 N–H and O–H groups in total. The van der Waals surface area contributed by atoms with Gasteiger partial charge in [-0.2, -0.15) is 0 Å². The highest BCUT2D eigenvalue weighted by Crippen LogP contribution is 2.36. The second kappa shape index (κ2) is 9.06. The molecular formula is C22H23N5O2S. The van der Waals surface area contributed by atoms with E-state index in [0.29, 0.717) is 10.6 Å². The Morgan fingerprint density at radius 3 is 2.63 bits per heavy atom. The highest BCUT2D eigenvalue weighted by Gasteiger charge is 2.22. The standard InChI is InChI=1S/C22H23N5O2S/c23-22(29)27-18-12-19(30-20(18)21(28)26-17-5-2-8-25-13-17)16-4-1-3-15(11-16)14-6-9-24-10-7-14/h1,3-4,6-7,9-12,17,25H,2,5,8,13H2,(H,26,28)(H3,23,27,29)/t17-/m0/s1. The third kappa shape index (κ3) is 4.67. The van der Waals surface area contributed by atoms with E-state index < -0.39 is 6.03 Å². The lowest BCUT2D eigenvalue weighted by Gasteiger charge is -2.23. The molecule has 2 aromatic heterocycles. The number of pyridine rings is 1. The quantitative estimate of drug-likeness (QED) is 0.506. The van der Waals surface area contributed by atoms with Gasteiger partial charge in [-0.25, -0.2) is 4.79 Å². The molecule has 1 aliphatic rings. The van der Waals surface area contributed by atoms with Crippen molar-refractivity contribution < 1.29 is 9.59 Å². The largest absolute Gasteiger partial charge is 0.351 e. The number of carbonyl (C=O) groups is 2. The van der Waals surface area contributed by atoms with Crippen molar-refractivity contribution >= 4 is 29.0 Å². The van der Waals surface area contributed by atoms with Gasteiger partial charge in [0.15, 0.2) is 0 Å². The number of anilines is 1. The van der Waals surface area contributed by atoms with Crippen molar-refractivity contribution in [2.75, 3.05) is 18.4 Å². The number of nitrogens with zero attached hydrogens (tertiary/aromatic N) is 1. The lowest BCUT2D eigenvalue weighted by molar-refractivity contribution is 0.0935. The van der Waals surface area contributed by atoms with Gasteiger partial charge >= 0.3 is 6.03 Å². The van der Waals surface area contributed by atoms with E-state index in [-0.39, 0.29) is 11.9 Å². The van der Waals surface area contributed by atoms with E-state index in [1.54, 1.807) is 18.5 Å². The van der Waals surface area contributed by atoms with Crippen LogP contribution < -0.4 is 21.7 Å². The molecule has 1 atom stereocenters. The molecule has 3 amide bonds. The zero-order valence-corrected chi connectivity index (χ0v) is 17.2. The van der Waals surface area contributed by atoms with Crippen LogP contribution in [0.3, 0.4) is 0 Å². The van der Waals surface area contributed by atoms with Crippen molar-refractivity contribution in [3.63, 3.8) is 0 Å². The molecule has 0 spiro atoms. The first-order valence-corrected chi connectivity index (χ1v) is 10.6. The number of benzene rings is 1. The summed E-state index contributed by atoms with van der Waals surface area (Å²) < 4.78 is 0. The Hall–Kier alpha value is -3.23. The van der Waals surface area contributed by atoms with Gasteiger partial charge in [-0.1, -0.05) is 18.2 Å². The van der Waals surface area contributed by atoms with Crippen molar-refractivity contribution in [1.29, 1.82) is 0 Å². The Labute approximate surface area is 178 Å². The molecule has 0 aliphatic carbocycles. The smallest absolute Gasteiger partial charge is 0.316 e. The van der Waals surface area contributed by atoms with E-state index in [0.717, 1.165) is 47.5 Å². The minimum absolute atomic E-state index is 0.0771. The van der Waals surface area contributed by atoms with Crippen LogP contribution in [0.15, 0.2) is 54.9 Å². The third-order valence-corrected chi connectivity index (χ3v) is 6.17. The van der Waals surface area contributed by atoms with Gasteiger partial charge in [0.05, 0.1) is 5.69 Å². The van der Waals surface area contributed by atoms with Crippen molar-refractivity contribution in [1.82, 2.24) is 15.6 Å². The number of aromatic nitrogens is 1. The van der Waals surface area contributed by atoms with Gasteiger partial charge in [0.1, 0.15) is 4.88 Å². The van der Waals surface area contributed by atoms with Gasteiger partial charge in [0.25, 0.3) is 5.91 Å². The molecule has 1 saturated heterocycles. The van der Waals surface area contributed by atoms with E-state index >= 15 is 0 Å². The van der Waals surface area contributed by atoms with Crippen LogP contribution in [0, 0.1) is 0 Å². The normalized spacial score (nSPS) is 16.1. The fraction of sp³-hybridized carbons (Fsp3) is 0.227. The van der Waals surface area contributed by atoms with Gasteiger partial charge in [-0.15, -0.1) is 11.3 Å². The summed E-state index contributed by atoms with van der Waals surface area (Å²) in [5.74, 6) is -0.200. The molecule has 30 heavy (non-hydrogen) atoms. The van der Waals surface area contributed by atoms with Gasteiger partial charge < -0.3 is 21.7 Å². The number of nitrogens with one attached hydrogen (secondary N) is 3. The highest BCUT2D eigenvalue weighted by atomic mass is 32.1. The molecule has 1 aromatic carbocycles. The maximum atomic E-state index is 12.9. The first-order chi connectivity index (χ1) is 14.6. The average Bonchev–Trinajstić information content (AvgIpc) is 3.18. The number of rotatable bonds is 5. The number of primary amides is 1. The van der Waals surface area contributed by atoms with Gasteiger partial charge in [0, 0.05) is 29.9 Å². The Morgan fingerprint density at radius 1 is 1.10 bits per heavy atom. The molecule has 1 aliphatic heterocycles. The average molecular weight is 422 g/mol. The fourth-order valence-corrected chi connectivity index (χ4v) is 4.56. The van der Waals surface area contributed by atoms with Crippen LogP contribution >= 0.6 is 11.3 Å². The molecule has 0 bridgehead atoms. The lowest BCUT2D eigenvalue weighted by Crippen LogP contribution is -2.45. The number of amides is 3. The summed E-state index contributed by atoms with van der Waals surface area (Å²) in [6, 6.07) is 13.1. The minimum atomic E-state index is -0.696. The highest BCUT2D eigenvalue weighted by molar-refractivity contribution is 7.18. The van der Waals surface area contributed by atoms with Crippen LogP contribution in [-0.2, 0) is 0 Å². The van der Waals surface area contributed by atoms with E-state index in [1.807, 2.05) is 30.3 Å². The summed E-state index contributed by atoms with van der Waals surface area (Å²) in [6.07, 6.45) is 5.47. The van der Waals surface area contributed by atoms with Crippen LogP contribution in [0.4, 0.5) is 10.5 Å². The topological polar surface area (TPSA) is 109 Å². The summed E-state index contributed by atoms with van der Waals surface area (Å²) in [7, 11) is 0. The van der Waals surface area contributed by atoms with Gasteiger partial charge in [-0.05, 0) is 60.3 Å². The molecule has 3 aromatic rings. The predicted molar refractivity (Wildman–Crippen MR) is 120 cm³/mol. The number of carbonyl (C=O) groups excluding carboxylic acids is 2. The monoisotopic (exact) mass is 421 g/mol. The zero-order valence-electron chi connectivity index (χ0n) is 16.4. The Balaban J connectivity index is 1.64. The molecule has 7 nitrogen and oxygen atoms in total. The second-order valence-corrected chi connectivity index (χ2v) is 8.23. The summed E-state index contributed by atoms with van der Waals surface area (Å²) in [5, 5.41) is 8.94. The van der Waals surface area contributed by atoms with Crippen LogP contribution in [0.1, 0.15) is 22.5 Å². The Bertz CT molecular complexity index is 1040. The predicted octanol–water partition coefficient (Wildman–Crippen LogP) is 3.45.